The zero-order valence-corrected chi connectivity index (χ0v) is 9.29. The molecule has 15 heavy (non-hydrogen) atoms. The predicted octanol–water partition coefficient (Wildman–Crippen LogP) is 2.49. The maximum Gasteiger partial charge on any atom is 0.351 e. The van der Waals surface area contributed by atoms with Crippen molar-refractivity contribution < 1.29 is 4.84 Å². The van der Waals surface area contributed by atoms with Crippen molar-refractivity contribution in [3.05, 3.63) is 10.6 Å². The van der Waals surface area contributed by atoms with E-state index < -0.39 is 0 Å². The van der Waals surface area contributed by atoms with E-state index in [0.29, 0.717) is 0 Å². The Hall–Kier alpha value is -0.940. The Balaban J connectivity index is 2.07. The van der Waals surface area contributed by atoms with Crippen LogP contribution in [-0.4, -0.2) is 20.7 Å². The minimum atomic E-state index is -0.00313. The highest BCUT2D eigenvalue weighted by molar-refractivity contribution is 6.31. The van der Waals surface area contributed by atoms with Gasteiger partial charge in [-0.3, -0.25) is 0 Å². The molecule has 1 fully saturated rings. The van der Waals surface area contributed by atoms with Crippen LogP contribution < -0.4 is 4.84 Å². The lowest BCUT2D eigenvalue weighted by Gasteiger charge is -1.98. The summed E-state index contributed by atoms with van der Waals surface area (Å²) in [5, 5.41) is 3.92. The van der Waals surface area contributed by atoms with Crippen molar-refractivity contribution in [1.82, 2.24) is 15.0 Å². The molecule has 0 atom stereocenters. The predicted molar refractivity (Wildman–Crippen MR) is 56.4 cm³/mol. The summed E-state index contributed by atoms with van der Waals surface area (Å²) in [7, 11) is 0. The van der Waals surface area contributed by atoms with Crippen LogP contribution in [0.1, 0.15) is 25.7 Å². The van der Waals surface area contributed by atoms with Gasteiger partial charge in [0.2, 0.25) is 10.6 Å². The van der Waals surface area contributed by atoms with Crippen LogP contribution in [0.15, 0.2) is 5.16 Å². The lowest BCUT2D eigenvalue weighted by molar-refractivity contribution is 0.310. The molecular weight excluding hydrogens is 239 g/mol. The quantitative estimate of drug-likeness (QED) is 0.753. The van der Waals surface area contributed by atoms with Gasteiger partial charge in [0.05, 0.1) is 5.71 Å². The standard InChI is InChI=1S/C8H8Cl2N4O/c9-6-11-7(10)13-8(12-6)15-14-5-3-1-2-4-5/h1-4H2. The van der Waals surface area contributed by atoms with Crippen molar-refractivity contribution in [3.63, 3.8) is 0 Å². The Bertz CT molecular complexity index is 368. The van der Waals surface area contributed by atoms with Crippen molar-refractivity contribution in [1.29, 1.82) is 0 Å². The van der Waals surface area contributed by atoms with Crippen molar-refractivity contribution in [2.45, 2.75) is 25.7 Å². The molecule has 0 saturated heterocycles. The molecule has 5 nitrogen and oxygen atoms in total. The van der Waals surface area contributed by atoms with E-state index in [9.17, 15) is 0 Å². The van der Waals surface area contributed by atoms with Gasteiger partial charge in [-0.25, -0.2) is 0 Å². The van der Waals surface area contributed by atoms with Crippen LogP contribution in [0.5, 0.6) is 6.01 Å². The smallest absolute Gasteiger partial charge is 0.315 e. The SMILES string of the molecule is Clc1nc(Cl)nc(ON=C2CCCC2)n1. The van der Waals surface area contributed by atoms with E-state index in [-0.39, 0.29) is 16.6 Å². The molecule has 7 heteroatoms. The highest BCUT2D eigenvalue weighted by atomic mass is 35.5. The van der Waals surface area contributed by atoms with Crippen LogP contribution >= 0.6 is 23.2 Å². The Morgan fingerprint density at radius 2 is 1.60 bits per heavy atom. The van der Waals surface area contributed by atoms with Gasteiger partial charge in [-0.1, -0.05) is 5.16 Å². The molecule has 0 amide bonds. The number of oxime groups is 1. The number of nitrogens with zero attached hydrogens (tertiary/aromatic N) is 4. The van der Waals surface area contributed by atoms with Crippen LogP contribution in [0.25, 0.3) is 0 Å². The molecule has 0 aliphatic heterocycles. The van der Waals surface area contributed by atoms with Gasteiger partial charge in [0.1, 0.15) is 0 Å². The van der Waals surface area contributed by atoms with Crippen LogP contribution in [0.2, 0.25) is 10.6 Å². The molecule has 0 N–H and O–H groups in total. The number of hydrogen-bond acceptors (Lipinski definition) is 5. The van der Waals surface area contributed by atoms with E-state index in [1.54, 1.807) is 0 Å². The summed E-state index contributed by atoms with van der Waals surface area (Å²) < 4.78 is 0. The third-order valence-corrected chi connectivity index (χ3v) is 2.34. The van der Waals surface area contributed by atoms with Crippen LogP contribution in [-0.2, 0) is 0 Å². The number of rotatable bonds is 2. The van der Waals surface area contributed by atoms with Crippen molar-refractivity contribution in [3.8, 4) is 6.01 Å². The van der Waals surface area contributed by atoms with Crippen LogP contribution in [0.3, 0.4) is 0 Å². The lowest BCUT2D eigenvalue weighted by atomic mass is 10.3. The van der Waals surface area contributed by atoms with Crippen molar-refractivity contribution in [2.24, 2.45) is 5.16 Å². The van der Waals surface area contributed by atoms with E-state index in [1.165, 1.54) is 0 Å². The largest absolute Gasteiger partial charge is 0.351 e. The van der Waals surface area contributed by atoms with Gasteiger partial charge in [-0.2, -0.15) is 15.0 Å². The Morgan fingerprint density at radius 3 is 2.20 bits per heavy atom. The summed E-state index contributed by atoms with van der Waals surface area (Å²) in [6.07, 6.45) is 4.24. The molecule has 2 rings (SSSR count). The maximum atomic E-state index is 5.57. The van der Waals surface area contributed by atoms with E-state index in [4.69, 9.17) is 28.0 Å². The zero-order chi connectivity index (χ0) is 10.7. The fourth-order valence-electron chi connectivity index (χ4n) is 1.33. The average Bonchev–Trinajstić information content (AvgIpc) is 2.65. The van der Waals surface area contributed by atoms with E-state index in [0.717, 1.165) is 31.4 Å². The van der Waals surface area contributed by atoms with Gasteiger partial charge in [0, 0.05) is 0 Å². The molecule has 0 bridgehead atoms. The summed E-state index contributed by atoms with van der Waals surface area (Å²) in [5.41, 5.74) is 1.02. The normalized spacial score (nSPS) is 15.5. The fraction of sp³-hybridized carbons (Fsp3) is 0.500. The first-order valence-electron chi connectivity index (χ1n) is 4.54. The van der Waals surface area contributed by atoms with Crippen LogP contribution in [0.4, 0.5) is 0 Å². The molecule has 1 aromatic heterocycles. The second kappa shape index (κ2) is 4.72. The summed E-state index contributed by atoms with van der Waals surface area (Å²) in [5.74, 6) is 0. The molecule has 1 aromatic rings. The molecule has 80 valence electrons. The maximum absolute atomic E-state index is 5.57. The van der Waals surface area contributed by atoms with Gasteiger partial charge in [0.25, 0.3) is 0 Å². The van der Waals surface area contributed by atoms with E-state index >= 15 is 0 Å². The third kappa shape index (κ3) is 3.00. The van der Waals surface area contributed by atoms with Gasteiger partial charge in [-0.05, 0) is 48.9 Å². The number of halogens is 2. The molecule has 1 heterocycles. The minimum absolute atomic E-state index is 0.00313. The number of hydrogen-bond donors (Lipinski definition) is 0. The Kier molecular flexibility index (Phi) is 3.33. The highest BCUT2D eigenvalue weighted by Gasteiger charge is 2.10. The number of aromatic nitrogens is 3. The van der Waals surface area contributed by atoms with E-state index in [2.05, 4.69) is 20.1 Å². The zero-order valence-electron chi connectivity index (χ0n) is 7.78. The summed E-state index contributed by atoms with van der Waals surface area (Å²) in [6, 6.07) is 0.0272. The molecule has 1 saturated carbocycles. The van der Waals surface area contributed by atoms with Gasteiger partial charge in [-0.15, -0.1) is 0 Å². The summed E-state index contributed by atoms with van der Waals surface area (Å²) in [6.45, 7) is 0. The second-order valence-electron chi connectivity index (χ2n) is 3.11. The first-order chi connectivity index (χ1) is 7.24. The lowest BCUT2D eigenvalue weighted by Crippen LogP contribution is -1.98. The molecule has 0 spiro atoms. The van der Waals surface area contributed by atoms with E-state index in [1.807, 2.05) is 0 Å². The minimum Gasteiger partial charge on any atom is -0.315 e. The monoisotopic (exact) mass is 246 g/mol. The third-order valence-electron chi connectivity index (χ3n) is 2.00. The van der Waals surface area contributed by atoms with Gasteiger partial charge < -0.3 is 4.84 Å². The Morgan fingerprint density at radius 1 is 1.00 bits per heavy atom. The Labute approximate surface area is 96.5 Å². The first kappa shape index (κ1) is 10.6. The van der Waals surface area contributed by atoms with Crippen molar-refractivity contribution in [2.75, 3.05) is 0 Å². The van der Waals surface area contributed by atoms with Gasteiger partial charge >= 0.3 is 6.01 Å². The van der Waals surface area contributed by atoms with Gasteiger partial charge in [0.15, 0.2) is 0 Å². The molecule has 0 unspecified atom stereocenters. The highest BCUT2D eigenvalue weighted by Crippen LogP contribution is 2.16. The topological polar surface area (TPSA) is 60.3 Å². The molecule has 0 aromatic carbocycles. The van der Waals surface area contributed by atoms with Crippen LogP contribution in [0, 0.1) is 0 Å². The molecule has 0 radical (unpaired) electrons. The van der Waals surface area contributed by atoms with Crippen molar-refractivity contribution >= 4 is 28.9 Å². The second-order valence-corrected chi connectivity index (χ2v) is 3.79. The fourth-order valence-corrected chi connectivity index (χ4v) is 1.68. The molecular formula is C8H8Cl2N4O. The average molecular weight is 247 g/mol. The first-order valence-corrected chi connectivity index (χ1v) is 5.29. The molecule has 1 aliphatic carbocycles. The summed E-state index contributed by atoms with van der Waals surface area (Å²) >= 11 is 11.1. The molecule has 1 aliphatic rings. The summed E-state index contributed by atoms with van der Waals surface area (Å²) in [4.78, 5) is 16.1.